The molecule has 0 aliphatic carbocycles. The summed E-state index contributed by atoms with van der Waals surface area (Å²) in [6.07, 6.45) is -4.66. The molecule has 2 rings (SSSR count). The number of nitrogens with one attached hydrogen (secondary N) is 1. The lowest BCUT2D eigenvalue weighted by Gasteiger charge is -2.09. The number of benzene rings is 1. The first-order valence-electron chi connectivity index (χ1n) is 6.09. The standard InChI is InChI=1S/C13H13F3N2O3/c1-6(2)12-17-9-5-7(11(19)18-20-3)4-8(10(9)21-12)13(14,15)16/h4-6H,1-3H3,(H,18,19). The molecule has 1 aromatic heterocycles. The largest absolute Gasteiger partial charge is 0.440 e. The van der Waals surface area contributed by atoms with Crippen molar-refractivity contribution in [2.75, 3.05) is 7.11 Å². The molecule has 0 radical (unpaired) electrons. The van der Waals surface area contributed by atoms with Crippen molar-refractivity contribution in [3.63, 3.8) is 0 Å². The van der Waals surface area contributed by atoms with Crippen LogP contribution in [0.4, 0.5) is 13.2 Å². The number of halogens is 3. The molecule has 114 valence electrons. The van der Waals surface area contributed by atoms with Gasteiger partial charge in [0.2, 0.25) is 0 Å². The van der Waals surface area contributed by atoms with Gasteiger partial charge >= 0.3 is 6.18 Å². The summed E-state index contributed by atoms with van der Waals surface area (Å²) in [5.74, 6) is -0.784. The summed E-state index contributed by atoms with van der Waals surface area (Å²) in [4.78, 5) is 20.1. The number of amides is 1. The molecule has 0 bridgehead atoms. The van der Waals surface area contributed by atoms with Crippen LogP contribution in [0.1, 0.15) is 41.6 Å². The van der Waals surface area contributed by atoms with E-state index in [0.717, 1.165) is 0 Å². The highest BCUT2D eigenvalue weighted by Crippen LogP contribution is 2.37. The van der Waals surface area contributed by atoms with Crippen molar-refractivity contribution >= 4 is 17.0 Å². The van der Waals surface area contributed by atoms with Gasteiger partial charge < -0.3 is 4.42 Å². The van der Waals surface area contributed by atoms with Crippen LogP contribution < -0.4 is 5.48 Å². The van der Waals surface area contributed by atoms with Gasteiger partial charge in [-0.15, -0.1) is 0 Å². The Hall–Kier alpha value is -2.09. The molecule has 0 atom stereocenters. The normalized spacial score (nSPS) is 12.1. The summed E-state index contributed by atoms with van der Waals surface area (Å²) in [6, 6.07) is 1.94. The van der Waals surface area contributed by atoms with Crippen LogP contribution >= 0.6 is 0 Å². The SMILES string of the molecule is CONC(=O)c1cc(C(F)(F)F)c2oc(C(C)C)nc2c1. The minimum atomic E-state index is -4.66. The van der Waals surface area contributed by atoms with Crippen molar-refractivity contribution in [2.24, 2.45) is 0 Å². The molecule has 0 aliphatic heterocycles. The average molecular weight is 302 g/mol. The van der Waals surface area contributed by atoms with Gasteiger partial charge in [0.1, 0.15) is 11.1 Å². The zero-order valence-corrected chi connectivity index (χ0v) is 11.5. The quantitative estimate of drug-likeness (QED) is 0.884. The van der Waals surface area contributed by atoms with Gasteiger partial charge in [0.15, 0.2) is 11.5 Å². The fourth-order valence-corrected chi connectivity index (χ4v) is 1.79. The molecule has 0 saturated heterocycles. The van der Waals surface area contributed by atoms with E-state index < -0.39 is 17.6 Å². The molecule has 8 heteroatoms. The molecule has 2 aromatic rings. The van der Waals surface area contributed by atoms with Gasteiger partial charge in [0.05, 0.1) is 7.11 Å². The molecular formula is C13H13F3N2O3. The van der Waals surface area contributed by atoms with Crippen molar-refractivity contribution in [1.82, 2.24) is 10.5 Å². The molecule has 0 fully saturated rings. The number of hydrogen-bond acceptors (Lipinski definition) is 4. The maximum Gasteiger partial charge on any atom is 0.420 e. The molecule has 1 N–H and O–H groups in total. The summed E-state index contributed by atoms with van der Waals surface area (Å²) in [7, 11) is 1.19. The summed E-state index contributed by atoms with van der Waals surface area (Å²) < 4.78 is 44.5. The van der Waals surface area contributed by atoms with E-state index in [-0.39, 0.29) is 28.5 Å². The number of aromatic nitrogens is 1. The highest BCUT2D eigenvalue weighted by atomic mass is 19.4. The first-order chi connectivity index (χ1) is 9.74. The zero-order valence-electron chi connectivity index (χ0n) is 11.5. The number of fused-ring (bicyclic) bond motifs is 1. The number of hydrogen-bond donors (Lipinski definition) is 1. The third-order valence-electron chi connectivity index (χ3n) is 2.76. The average Bonchev–Trinajstić information content (AvgIpc) is 2.80. The molecule has 1 amide bonds. The molecule has 0 unspecified atom stereocenters. The fourth-order valence-electron chi connectivity index (χ4n) is 1.79. The van der Waals surface area contributed by atoms with E-state index in [0.29, 0.717) is 6.07 Å². The van der Waals surface area contributed by atoms with Crippen molar-refractivity contribution in [2.45, 2.75) is 25.9 Å². The third kappa shape index (κ3) is 2.99. The number of nitrogens with zero attached hydrogens (tertiary/aromatic N) is 1. The van der Waals surface area contributed by atoms with Crippen LogP contribution in [0.2, 0.25) is 0 Å². The third-order valence-corrected chi connectivity index (χ3v) is 2.76. The highest BCUT2D eigenvalue weighted by Gasteiger charge is 2.36. The van der Waals surface area contributed by atoms with Crippen LogP contribution in [0.15, 0.2) is 16.5 Å². The van der Waals surface area contributed by atoms with E-state index in [4.69, 9.17) is 4.42 Å². The predicted molar refractivity (Wildman–Crippen MR) is 67.6 cm³/mol. The van der Waals surface area contributed by atoms with Gasteiger partial charge in [-0.2, -0.15) is 13.2 Å². The molecule has 1 heterocycles. The van der Waals surface area contributed by atoms with Crippen LogP contribution in [0.5, 0.6) is 0 Å². The Morgan fingerprint density at radius 2 is 2.05 bits per heavy atom. The minimum Gasteiger partial charge on any atom is -0.440 e. The fraction of sp³-hybridized carbons (Fsp3) is 0.385. The molecule has 0 saturated carbocycles. The molecule has 21 heavy (non-hydrogen) atoms. The zero-order chi connectivity index (χ0) is 15.8. The first-order valence-corrected chi connectivity index (χ1v) is 6.09. The molecule has 1 aromatic carbocycles. The Labute approximate surface area is 118 Å². The lowest BCUT2D eigenvalue weighted by atomic mass is 10.1. The predicted octanol–water partition coefficient (Wildman–Crippen LogP) is 3.26. The topological polar surface area (TPSA) is 64.4 Å². The number of carbonyl (C=O) groups excluding carboxylic acids is 1. The van der Waals surface area contributed by atoms with E-state index in [1.54, 1.807) is 13.8 Å². The first kappa shape index (κ1) is 15.3. The lowest BCUT2D eigenvalue weighted by molar-refractivity contribution is -0.136. The smallest absolute Gasteiger partial charge is 0.420 e. The van der Waals surface area contributed by atoms with Crippen LogP contribution in [0.25, 0.3) is 11.1 Å². The highest BCUT2D eigenvalue weighted by molar-refractivity contribution is 5.97. The van der Waals surface area contributed by atoms with E-state index in [2.05, 4.69) is 9.82 Å². The van der Waals surface area contributed by atoms with Crippen LogP contribution in [0, 0.1) is 0 Å². The molecule has 0 spiro atoms. The number of oxazole rings is 1. The monoisotopic (exact) mass is 302 g/mol. The van der Waals surface area contributed by atoms with Gasteiger partial charge in [0.25, 0.3) is 5.91 Å². The lowest BCUT2D eigenvalue weighted by Crippen LogP contribution is -2.22. The van der Waals surface area contributed by atoms with Gasteiger partial charge in [-0.25, -0.2) is 10.5 Å². The van der Waals surface area contributed by atoms with Crippen LogP contribution in [-0.2, 0) is 11.0 Å². The van der Waals surface area contributed by atoms with Gasteiger partial charge in [-0.05, 0) is 12.1 Å². The van der Waals surface area contributed by atoms with Crippen molar-refractivity contribution in [3.05, 3.63) is 29.2 Å². The maximum absolute atomic E-state index is 13.1. The van der Waals surface area contributed by atoms with Crippen LogP contribution in [0.3, 0.4) is 0 Å². The Morgan fingerprint density at radius 1 is 1.38 bits per heavy atom. The summed E-state index contributed by atoms with van der Waals surface area (Å²) in [6.45, 7) is 3.49. The second kappa shape index (κ2) is 5.36. The number of carbonyl (C=O) groups is 1. The Kier molecular flexibility index (Phi) is 3.91. The Bertz CT molecular complexity index is 677. The van der Waals surface area contributed by atoms with Crippen LogP contribution in [-0.4, -0.2) is 18.0 Å². The summed E-state index contributed by atoms with van der Waals surface area (Å²) in [5.41, 5.74) is 0.327. The summed E-state index contributed by atoms with van der Waals surface area (Å²) >= 11 is 0. The van der Waals surface area contributed by atoms with Crippen molar-refractivity contribution in [3.8, 4) is 0 Å². The van der Waals surface area contributed by atoms with E-state index in [1.165, 1.54) is 13.2 Å². The second-order valence-corrected chi connectivity index (χ2v) is 4.71. The van der Waals surface area contributed by atoms with Gasteiger partial charge in [-0.3, -0.25) is 9.63 Å². The Morgan fingerprint density at radius 3 is 2.57 bits per heavy atom. The molecule has 0 aliphatic rings. The number of hydroxylamine groups is 1. The van der Waals surface area contributed by atoms with E-state index in [9.17, 15) is 18.0 Å². The molecular weight excluding hydrogens is 289 g/mol. The van der Waals surface area contributed by atoms with E-state index >= 15 is 0 Å². The van der Waals surface area contributed by atoms with Gasteiger partial charge in [0, 0.05) is 11.5 Å². The summed E-state index contributed by atoms with van der Waals surface area (Å²) in [5, 5.41) is 0. The number of rotatable bonds is 3. The van der Waals surface area contributed by atoms with Crippen molar-refractivity contribution in [1.29, 1.82) is 0 Å². The minimum absolute atomic E-state index is 0.0187. The van der Waals surface area contributed by atoms with E-state index in [1.807, 2.05) is 5.48 Å². The second-order valence-electron chi connectivity index (χ2n) is 4.71. The molecule has 5 nitrogen and oxygen atoms in total. The number of alkyl halides is 3. The van der Waals surface area contributed by atoms with Gasteiger partial charge in [-0.1, -0.05) is 13.8 Å². The Balaban J connectivity index is 2.68. The van der Waals surface area contributed by atoms with Crippen molar-refractivity contribution < 1.29 is 27.2 Å². The maximum atomic E-state index is 13.1.